The maximum absolute atomic E-state index is 10.7. The zero-order valence-electron chi connectivity index (χ0n) is 7.16. The summed E-state index contributed by atoms with van der Waals surface area (Å²) in [6.07, 6.45) is 0. The monoisotopic (exact) mass is 180 g/mol. The summed E-state index contributed by atoms with van der Waals surface area (Å²) in [4.78, 5) is 10.7. The number of aliphatic hydroxyl groups excluding tert-OH is 1. The number of nitrogens with two attached hydrogens (primary N) is 1. The van der Waals surface area contributed by atoms with Crippen LogP contribution in [0, 0.1) is 0 Å². The first-order chi connectivity index (χ1) is 6.22. The smallest absolute Gasteiger partial charge is 0.245 e. The summed E-state index contributed by atoms with van der Waals surface area (Å²) in [5.41, 5.74) is 7.13. The molecule has 0 unspecified atom stereocenters. The highest BCUT2D eigenvalue weighted by Crippen LogP contribution is 2.04. The number of hydrogen-bond donors (Lipinski definition) is 3. The van der Waals surface area contributed by atoms with Crippen LogP contribution in [0.25, 0.3) is 0 Å². The number of aliphatic hydroxyl groups is 1. The third-order valence-electron chi connectivity index (χ3n) is 1.61. The molecule has 1 rings (SSSR count). The Morgan fingerprint density at radius 3 is 2.54 bits per heavy atom. The SMILES string of the molecule is Nc1ccc(CNC(=O)CO)cc1. The van der Waals surface area contributed by atoms with E-state index in [-0.39, 0.29) is 5.91 Å². The molecular weight excluding hydrogens is 168 g/mol. The fourth-order valence-corrected chi connectivity index (χ4v) is 0.892. The van der Waals surface area contributed by atoms with E-state index in [9.17, 15) is 4.79 Å². The van der Waals surface area contributed by atoms with Gasteiger partial charge in [-0.15, -0.1) is 0 Å². The van der Waals surface area contributed by atoms with Crippen LogP contribution in [-0.4, -0.2) is 17.6 Å². The van der Waals surface area contributed by atoms with Crippen LogP contribution in [-0.2, 0) is 11.3 Å². The van der Waals surface area contributed by atoms with Gasteiger partial charge in [0.25, 0.3) is 0 Å². The van der Waals surface area contributed by atoms with Crippen molar-refractivity contribution in [2.75, 3.05) is 12.3 Å². The fraction of sp³-hybridized carbons (Fsp3) is 0.222. The Hall–Kier alpha value is -1.55. The van der Waals surface area contributed by atoms with Crippen molar-refractivity contribution >= 4 is 11.6 Å². The Labute approximate surface area is 76.4 Å². The van der Waals surface area contributed by atoms with Gasteiger partial charge in [0.1, 0.15) is 6.61 Å². The lowest BCUT2D eigenvalue weighted by molar-refractivity contribution is -0.123. The van der Waals surface area contributed by atoms with Crippen LogP contribution in [0.3, 0.4) is 0 Å². The van der Waals surface area contributed by atoms with Gasteiger partial charge in [-0.25, -0.2) is 0 Å². The fourth-order valence-electron chi connectivity index (χ4n) is 0.892. The van der Waals surface area contributed by atoms with Gasteiger partial charge in [0, 0.05) is 12.2 Å². The van der Waals surface area contributed by atoms with E-state index in [2.05, 4.69) is 5.32 Å². The van der Waals surface area contributed by atoms with E-state index in [0.29, 0.717) is 12.2 Å². The molecule has 4 N–H and O–H groups in total. The van der Waals surface area contributed by atoms with Crippen molar-refractivity contribution in [1.29, 1.82) is 0 Å². The summed E-state index contributed by atoms with van der Waals surface area (Å²) in [7, 11) is 0. The van der Waals surface area contributed by atoms with Crippen LogP contribution < -0.4 is 11.1 Å². The number of rotatable bonds is 3. The molecule has 70 valence electrons. The van der Waals surface area contributed by atoms with Crippen LogP contribution in [0.15, 0.2) is 24.3 Å². The molecule has 0 fully saturated rings. The first kappa shape index (κ1) is 9.54. The molecule has 0 aliphatic carbocycles. The van der Waals surface area contributed by atoms with Crippen LogP contribution in [0.5, 0.6) is 0 Å². The standard InChI is InChI=1S/C9H12N2O2/c10-8-3-1-7(2-4-8)5-11-9(13)6-12/h1-4,12H,5-6,10H2,(H,11,13). The molecule has 0 spiro atoms. The lowest BCUT2D eigenvalue weighted by Crippen LogP contribution is -2.25. The highest BCUT2D eigenvalue weighted by Gasteiger charge is 1.97. The number of carbonyl (C=O) groups is 1. The second-order valence-corrected chi connectivity index (χ2v) is 2.68. The zero-order valence-corrected chi connectivity index (χ0v) is 7.16. The van der Waals surface area contributed by atoms with Gasteiger partial charge < -0.3 is 16.2 Å². The first-order valence-corrected chi connectivity index (χ1v) is 3.94. The molecule has 0 radical (unpaired) electrons. The second-order valence-electron chi connectivity index (χ2n) is 2.68. The molecule has 0 saturated carbocycles. The summed E-state index contributed by atoms with van der Waals surface area (Å²) < 4.78 is 0. The number of nitrogen functional groups attached to an aromatic ring is 1. The third-order valence-corrected chi connectivity index (χ3v) is 1.61. The number of carbonyl (C=O) groups excluding carboxylic acids is 1. The average molecular weight is 180 g/mol. The van der Waals surface area contributed by atoms with Crippen molar-refractivity contribution in [2.45, 2.75) is 6.54 Å². The predicted molar refractivity (Wildman–Crippen MR) is 49.8 cm³/mol. The summed E-state index contributed by atoms with van der Waals surface area (Å²) in [6, 6.07) is 7.18. The van der Waals surface area contributed by atoms with Crippen molar-refractivity contribution in [1.82, 2.24) is 5.32 Å². The van der Waals surface area contributed by atoms with Gasteiger partial charge in [-0.3, -0.25) is 4.79 Å². The van der Waals surface area contributed by atoms with E-state index < -0.39 is 6.61 Å². The molecule has 1 aromatic rings. The van der Waals surface area contributed by atoms with Gasteiger partial charge in [-0.1, -0.05) is 12.1 Å². The molecular formula is C9H12N2O2. The second kappa shape index (κ2) is 4.47. The van der Waals surface area contributed by atoms with E-state index in [0.717, 1.165) is 5.56 Å². The molecule has 13 heavy (non-hydrogen) atoms. The lowest BCUT2D eigenvalue weighted by atomic mass is 10.2. The number of nitrogens with one attached hydrogen (secondary N) is 1. The van der Waals surface area contributed by atoms with Crippen molar-refractivity contribution in [2.24, 2.45) is 0 Å². The number of hydrogen-bond acceptors (Lipinski definition) is 3. The average Bonchev–Trinajstić information content (AvgIpc) is 2.16. The molecule has 0 saturated heterocycles. The number of benzene rings is 1. The molecule has 0 aromatic heterocycles. The molecule has 0 atom stereocenters. The Morgan fingerprint density at radius 2 is 2.00 bits per heavy atom. The van der Waals surface area contributed by atoms with E-state index in [1.165, 1.54) is 0 Å². The molecule has 0 bridgehead atoms. The van der Waals surface area contributed by atoms with Gasteiger partial charge in [0.15, 0.2) is 0 Å². The van der Waals surface area contributed by atoms with Crippen LogP contribution in [0.1, 0.15) is 5.56 Å². The number of amides is 1. The summed E-state index contributed by atoms with van der Waals surface area (Å²) >= 11 is 0. The third kappa shape index (κ3) is 3.13. The van der Waals surface area contributed by atoms with E-state index in [1.807, 2.05) is 12.1 Å². The molecule has 1 aromatic carbocycles. The van der Waals surface area contributed by atoms with Crippen LogP contribution in [0.4, 0.5) is 5.69 Å². The van der Waals surface area contributed by atoms with Gasteiger partial charge >= 0.3 is 0 Å². The van der Waals surface area contributed by atoms with Crippen LogP contribution >= 0.6 is 0 Å². The molecule has 0 heterocycles. The topological polar surface area (TPSA) is 75.3 Å². The molecule has 4 heteroatoms. The summed E-state index contributed by atoms with van der Waals surface area (Å²) in [5.74, 6) is -0.378. The minimum absolute atomic E-state index is 0.378. The Morgan fingerprint density at radius 1 is 1.38 bits per heavy atom. The number of anilines is 1. The quantitative estimate of drug-likeness (QED) is 0.567. The minimum atomic E-state index is -0.477. The minimum Gasteiger partial charge on any atom is -0.399 e. The van der Waals surface area contributed by atoms with Crippen molar-refractivity contribution in [3.8, 4) is 0 Å². The van der Waals surface area contributed by atoms with Gasteiger partial charge in [-0.05, 0) is 17.7 Å². The Balaban J connectivity index is 2.46. The highest BCUT2D eigenvalue weighted by atomic mass is 16.3. The maximum atomic E-state index is 10.7. The Bertz CT molecular complexity index is 282. The molecule has 0 aliphatic rings. The molecule has 0 aliphatic heterocycles. The largest absolute Gasteiger partial charge is 0.399 e. The van der Waals surface area contributed by atoms with Gasteiger partial charge in [-0.2, -0.15) is 0 Å². The molecule has 4 nitrogen and oxygen atoms in total. The van der Waals surface area contributed by atoms with E-state index in [4.69, 9.17) is 10.8 Å². The van der Waals surface area contributed by atoms with Crippen molar-refractivity contribution in [3.05, 3.63) is 29.8 Å². The van der Waals surface area contributed by atoms with Crippen molar-refractivity contribution in [3.63, 3.8) is 0 Å². The van der Waals surface area contributed by atoms with Crippen LogP contribution in [0.2, 0.25) is 0 Å². The Kier molecular flexibility index (Phi) is 3.28. The summed E-state index contributed by atoms with van der Waals surface area (Å²) in [5, 5.41) is 11.0. The normalized spacial score (nSPS) is 9.62. The molecule has 1 amide bonds. The predicted octanol–water partition coefficient (Wildman–Crippen LogP) is -0.123. The van der Waals surface area contributed by atoms with Crippen molar-refractivity contribution < 1.29 is 9.90 Å². The van der Waals surface area contributed by atoms with Gasteiger partial charge in [0.2, 0.25) is 5.91 Å². The van der Waals surface area contributed by atoms with E-state index in [1.54, 1.807) is 12.1 Å². The van der Waals surface area contributed by atoms with Gasteiger partial charge in [0.05, 0.1) is 0 Å². The lowest BCUT2D eigenvalue weighted by Gasteiger charge is -2.03. The first-order valence-electron chi connectivity index (χ1n) is 3.94. The highest BCUT2D eigenvalue weighted by molar-refractivity contribution is 5.76. The summed E-state index contributed by atoms with van der Waals surface area (Å²) in [6.45, 7) is -0.0609. The van der Waals surface area contributed by atoms with E-state index >= 15 is 0 Å². The zero-order chi connectivity index (χ0) is 9.68. The maximum Gasteiger partial charge on any atom is 0.245 e.